The molecule has 0 fully saturated rings. The summed E-state index contributed by atoms with van der Waals surface area (Å²) >= 11 is 0. The standard InChI is InChI=1S/C21H24N4O3/c1-14(2)19(24-20(26)15-7-9-17(28-3)10-8-15)21(27)22-12-16-13-25-11-5-4-6-18(25)23-16/h4-11,13-14,19H,12H2,1-3H3,(H,22,27)(H,24,26)/t19-/m0/s1. The lowest BCUT2D eigenvalue weighted by molar-refractivity contribution is -0.124. The van der Waals surface area contributed by atoms with Gasteiger partial charge in [0.2, 0.25) is 5.91 Å². The van der Waals surface area contributed by atoms with Gasteiger partial charge in [0.25, 0.3) is 5.91 Å². The van der Waals surface area contributed by atoms with Crippen LogP contribution in [0.2, 0.25) is 0 Å². The highest BCUT2D eigenvalue weighted by Gasteiger charge is 2.24. The monoisotopic (exact) mass is 380 g/mol. The largest absolute Gasteiger partial charge is 0.497 e. The number of methoxy groups -OCH3 is 1. The van der Waals surface area contributed by atoms with Gasteiger partial charge in [-0.2, -0.15) is 0 Å². The fraction of sp³-hybridized carbons (Fsp3) is 0.286. The first-order valence-electron chi connectivity index (χ1n) is 9.13. The van der Waals surface area contributed by atoms with Crippen molar-refractivity contribution in [2.45, 2.75) is 26.4 Å². The number of imidazole rings is 1. The number of carbonyl (C=O) groups excluding carboxylic acids is 2. The van der Waals surface area contributed by atoms with Crippen LogP contribution >= 0.6 is 0 Å². The molecule has 0 bridgehead atoms. The van der Waals surface area contributed by atoms with Gasteiger partial charge < -0.3 is 19.8 Å². The molecule has 3 rings (SSSR count). The van der Waals surface area contributed by atoms with Crippen molar-refractivity contribution in [3.05, 3.63) is 66.1 Å². The number of ether oxygens (including phenoxy) is 1. The van der Waals surface area contributed by atoms with Gasteiger partial charge in [0.1, 0.15) is 17.4 Å². The first-order valence-corrected chi connectivity index (χ1v) is 9.13. The van der Waals surface area contributed by atoms with E-state index in [0.717, 1.165) is 11.3 Å². The van der Waals surface area contributed by atoms with Gasteiger partial charge in [0.05, 0.1) is 19.3 Å². The molecule has 28 heavy (non-hydrogen) atoms. The van der Waals surface area contributed by atoms with Crippen LogP contribution < -0.4 is 15.4 Å². The van der Waals surface area contributed by atoms with Crippen molar-refractivity contribution in [1.82, 2.24) is 20.0 Å². The molecule has 7 nitrogen and oxygen atoms in total. The molecule has 146 valence electrons. The Kier molecular flexibility index (Phi) is 5.93. The van der Waals surface area contributed by atoms with E-state index < -0.39 is 6.04 Å². The number of rotatable bonds is 7. The van der Waals surface area contributed by atoms with Gasteiger partial charge in [-0.25, -0.2) is 4.98 Å². The molecule has 3 aromatic rings. The third kappa shape index (κ3) is 4.49. The number of pyridine rings is 1. The summed E-state index contributed by atoms with van der Waals surface area (Å²) in [6.45, 7) is 4.08. The smallest absolute Gasteiger partial charge is 0.251 e. The van der Waals surface area contributed by atoms with Crippen LogP contribution in [0.1, 0.15) is 29.9 Å². The summed E-state index contributed by atoms with van der Waals surface area (Å²) in [6.07, 6.45) is 3.77. The SMILES string of the molecule is COc1ccc(C(=O)N[C@H](C(=O)NCc2cn3ccccc3n2)C(C)C)cc1. The minimum atomic E-state index is -0.647. The quantitative estimate of drug-likeness (QED) is 0.659. The molecule has 2 N–H and O–H groups in total. The van der Waals surface area contributed by atoms with Crippen molar-refractivity contribution in [3.8, 4) is 5.75 Å². The minimum absolute atomic E-state index is 0.0664. The Balaban J connectivity index is 1.63. The number of carbonyl (C=O) groups is 2. The molecular formula is C21H24N4O3. The van der Waals surface area contributed by atoms with Gasteiger partial charge >= 0.3 is 0 Å². The topological polar surface area (TPSA) is 84.7 Å². The van der Waals surface area contributed by atoms with Crippen LogP contribution in [0.3, 0.4) is 0 Å². The lowest BCUT2D eigenvalue weighted by Gasteiger charge is -2.21. The Labute approximate surface area is 163 Å². The summed E-state index contributed by atoms with van der Waals surface area (Å²) in [5.41, 5.74) is 2.04. The second-order valence-electron chi connectivity index (χ2n) is 6.84. The van der Waals surface area contributed by atoms with Crippen LogP contribution in [0.25, 0.3) is 5.65 Å². The van der Waals surface area contributed by atoms with E-state index in [1.807, 2.05) is 48.8 Å². The second kappa shape index (κ2) is 8.56. The van der Waals surface area contributed by atoms with Crippen LogP contribution in [-0.4, -0.2) is 34.4 Å². The fourth-order valence-corrected chi connectivity index (χ4v) is 2.86. The molecule has 0 aliphatic rings. The maximum atomic E-state index is 12.7. The van der Waals surface area contributed by atoms with Crippen molar-refractivity contribution < 1.29 is 14.3 Å². The molecule has 7 heteroatoms. The highest BCUT2D eigenvalue weighted by Crippen LogP contribution is 2.12. The Hall–Kier alpha value is -3.35. The van der Waals surface area contributed by atoms with Crippen molar-refractivity contribution in [2.24, 2.45) is 5.92 Å². The van der Waals surface area contributed by atoms with Crippen molar-refractivity contribution in [3.63, 3.8) is 0 Å². The molecular weight excluding hydrogens is 356 g/mol. The molecule has 2 heterocycles. The van der Waals surface area contributed by atoms with Gasteiger partial charge in [-0.3, -0.25) is 9.59 Å². The second-order valence-corrected chi connectivity index (χ2v) is 6.84. The van der Waals surface area contributed by atoms with E-state index in [4.69, 9.17) is 4.74 Å². The Morgan fingerprint density at radius 1 is 1.14 bits per heavy atom. The third-order valence-electron chi connectivity index (χ3n) is 4.45. The molecule has 0 spiro atoms. The molecule has 0 unspecified atom stereocenters. The van der Waals surface area contributed by atoms with E-state index >= 15 is 0 Å². The van der Waals surface area contributed by atoms with E-state index in [0.29, 0.717) is 17.9 Å². The maximum absolute atomic E-state index is 12.7. The molecule has 0 aliphatic carbocycles. The van der Waals surface area contributed by atoms with E-state index in [1.165, 1.54) is 0 Å². The van der Waals surface area contributed by atoms with Gasteiger partial charge in [-0.1, -0.05) is 19.9 Å². The maximum Gasteiger partial charge on any atom is 0.251 e. The van der Waals surface area contributed by atoms with Crippen LogP contribution in [0.4, 0.5) is 0 Å². The highest BCUT2D eigenvalue weighted by molar-refractivity contribution is 5.97. The summed E-state index contributed by atoms with van der Waals surface area (Å²) in [6, 6.07) is 11.8. The number of benzene rings is 1. The Bertz CT molecular complexity index is 930. The minimum Gasteiger partial charge on any atom is -0.497 e. The van der Waals surface area contributed by atoms with Gasteiger partial charge in [-0.05, 0) is 42.3 Å². The molecule has 2 amide bonds. The predicted octanol–water partition coefficient (Wildman–Crippen LogP) is 2.41. The zero-order valence-corrected chi connectivity index (χ0v) is 16.2. The first kappa shape index (κ1) is 19.4. The third-order valence-corrected chi connectivity index (χ3v) is 4.45. The van der Waals surface area contributed by atoms with E-state index in [9.17, 15) is 9.59 Å². The summed E-state index contributed by atoms with van der Waals surface area (Å²) in [5, 5.41) is 5.68. The number of aromatic nitrogens is 2. The highest BCUT2D eigenvalue weighted by atomic mass is 16.5. The molecule has 1 atom stereocenters. The zero-order valence-electron chi connectivity index (χ0n) is 16.2. The number of hydrogen-bond acceptors (Lipinski definition) is 4. The summed E-state index contributed by atoms with van der Waals surface area (Å²) in [4.78, 5) is 29.6. The van der Waals surface area contributed by atoms with Crippen LogP contribution in [0.5, 0.6) is 5.75 Å². The lowest BCUT2D eigenvalue weighted by Crippen LogP contribution is -2.49. The van der Waals surface area contributed by atoms with Crippen LogP contribution in [0, 0.1) is 5.92 Å². The van der Waals surface area contributed by atoms with Crippen molar-refractivity contribution in [1.29, 1.82) is 0 Å². The van der Waals surface area contributed by atoms with E-state index in [2.05, 4.69) is 15.6 Å². The lowest BCUT2D eigenvalue weighted by atomic mass is 10.0. The predicted molar refractivity (Wildman–Crippen MR) is 106 cm³/mol. The molecule has 1 aromatic carbocycles. The number of amides is 2. The first-order chi connectivity index (χ1) is 13.5. The summed E-state index contributed by atoms with van der Waals surface area (Å²) in [7, 11) is 1.57. The van der Waals surface area contributed by atoms with Gasteiger partial charge in [0, 0.05) is 18.0 Å². The molecule has 2 aromatic heterocycles. The molecule has 0 radical (unpaired) electrons. The zero-order chi connectivity index (χ0) is 20.1. The van der Waals surface area contributed by atoms with E-state index in [-0.39, 0.29) is 17.7 Å². The number of nitrogens with one attached hydrogen (secondary N) is 2. The summed E-state index contributed by atoms with van der Waals surface area (Å²) in [5.74, 6) is 0.0589. The molecule has 0 aliphatic heterocycles. The summed E-state index contributed by atoms with van der Waals surface area (Å²) < 4.78 is 6.99. The van der Waals surface area contributed by atoms with Gasteiger partial charge in [-0.15, -0.1) is 0 Å². The average molecular weight is 380 g/mol. The Morgan fingerprint density at radius 3 is 2.54 bits per heavy atom. The Morgan fingerprint density at radius 2 is 1.89 bits per heavy atom. The van der Waals surface area contributed by atoms with Crippen LogP contribution in [-0.2, 0) is 11.3 Å². The normalized spacial score (nSPS) is 12.0. The van der Waals surface area contributed by atoms with Crippen LogP contribution in [0.15, 0.2) is 54.9 Å². The molecule has 0 saturated heterocycles. The van der Waals surface area contributed by atoms with Crippen molar-refractivity contribution in [2.75, 3.05) is 7.11 Å². The number of hydrogen-bond donors (Lipinski definition) is 2. The number of nitrogens with zero attached hydrogens (tertiary/aromatic N) is 2. The molecule has 0 saturated carbocycles. The van der Waals surface area contributed by atoms with Crippen molar-refractivity contribution >= 4 is 17.5 Å². The average Bonchev–Trinajstić information content (AvgIpc) is 3.13. The number of fused-ring (bicyclic) bond motifs is 1. The van der Waals surface area contributed by atoms with E-state index in [1.54, 1.807) is 31.4 Å². The van der Waals surface area contributed by atoms with Gasteiger partial charge in [0.15, 0.2) is 0 Å². The fourth-order valence-electron chi connectivity index (χ4n) is 2.86.